The SMILES string of the molecule is COc1c(C)cc(C)cc1CC(=O)N1CCCN(C(=O)c2ccco2)CC1. The van der Waals surface area contributed by atoms with Crippen LogP contribution in [0.25, 0.3) is 0 Å². The number of furan rings is 1. The van der Waals surface area contributed by atoms with Gasteiger partial charge in [0.2, 0.25) is 5.91 Å². The Bertz CT molecular complexity index is 814. The number of methoxy groups -OCH3 is 1. The second-order valence-electron chi connectivity index (χ2n) is 6.95. The van der Waals surface area contributed by atoms with Crippen LogP contribution in [0.15, 0.2) is 34.9 Å². The van der Waals surface area contributed by atoms with Gasteiger partial charge in [0.15, 0.2) is 5.76 Å². The maximum absolute atomic E-state index is 12.9. The highest BCUT2D eigenvalue weighted by Gasteiger charge is 2.24. The number of benzene rings is 1. The largest absolute Gasteiger partial charge is 0.496 e. The minimum Gasteiger partial charge on any atom is -0.496 e. The summed E-state index contributed by atoms with van der Waals surface area (Å²) in [6.45, 7) is 6.31. The van der Waals surface area contributed by atoms with E-state index in [1.54, 1.807) is 24.1 Å². The lowest BCUT2D eigenvalue weighted by atomic mass is 10.0. The highest BCUT2D eigenvalue weighted by Crippen LogP contribution is 2.26. The van der Waals surface area contributed by atoms with Crippen LogP contribution in [-0.4, -0.2) is 54.9 Å². The highest BCUT2D eigenvalue weighted by molar-refractivity contribution is 5.91. The van der Waals surface area contributed by atoms with Gasteiger partial charge in [-0.25, -0.2) is 0 Å². The predicted molar refractivity (Wildman–Crippen MR) is 102 cm³/mol. The van der Waals surface area contributed by atoms with Crippen molar-refractivity contribution in [3.63, 3.8) is 0 Å². The van der Waals surface area contributed by atoms with Gasteiger partial charge >= 0.3 is 0 Å². The van der Waals surface area contributed by atoms with Gasteiger partial charge in [-0.1, -0.05) is 17.7 Å². The van der Waals surface area contributed by atoms with Gasteiger partial charge in [-0.2, -0.15) is 0 Å². The number of aryl methyl sites for hydroxylation is 2. The quantitative estimate of drug-likeness (QED) is 0.830. The van der Waals surface area contributed by atoms with Gasteiger partial charge in [-0.3, -0.25) is 9.59 Å². The average molecular weight is 370 g/mol. The van der Waals surface area contributed by atoms with Crippen LogP contribution in [0.5, 0.6) is 5.75 Å². The minimum absolute atomic E-state index is 0.0607. The van der Waals surface area contributed by atoms with Gasteiger partial charge in [-0.15, -0.1) is 0 Å². The average Bonchev–Trinajstić information content (AvgIpc) is 3.05. The van der Waals surface area contributed by atoms with E-state index in [1.807, 2.05) is 24.8 Å². The van der Waals surface area contributed by atoms with Gasteiger partial charge in [0.1, 0.15) is 5.75 Å². The third-order valence-electron chi connectivity index (χ3n) is 4.91. The third-order valence-corrected chi connectivity index (χ3v) is 4.91. The number of carbonyl (C=O) groups is 2. The molecule has 1 aliphatic heterocycles. The van der Waals surface area contributed by atoms with Crippen molar-refractivity contribution in [1.82, 2.24) is 9.80 Å². The van der Waals surface area contributed by atoms with Crippen LogP contribution in [0, 0.1) is 13.8 Å². The monoisotopic (exact) mass is 370 g/mol. The zero-order chi connectivity index (χ0) is 19.4. The van der Waals surface area contributed by atoms with Crippen molar-refractivity contribution in [3.8, 4) is 5.75 Å². The molecule has 2 amide bonds. The lowest BCUT2D eigenvalue weighted by molar-refractivity contribution is -0.130. The number of carbonyl (C=O) groups excluding carboxylic acids is 2. The molecule has 3 rings (SSSR count). The van der Waals surface area contributed by atoms with Gasteiger partial charge in [-0.05, 0) is 38.0 Å². The first-order chi connectivity index (χ1) is 13.0. The van der Waals surface area contributed by atoms with Crippen LogP contribution < -0.4 is 4.74 Å². The molecule has 0 atom stereocenters. The zero-order valence-electron chi connectivity index (χ0n) is 16.2. The fraction of sp³-hybridized carbons (Fsp3) is 0.429. The molecule has 27 heavy (non-hydrogen) atoms. The van der Waals surface area contributed by atoms with E-state index in [4.69, 9.17) is 9.15 Å². The van der Waals surface area contributed by atoms with Crippen molar-refractivity contribution in [2.24, 2.45) is 0 Å². The summed E-state index contributed by atoms with van der Waals surface area (Å²) in [5, 5.41) is 0. The van der Waals surface area contributed by atoms with E-state index >= 15 is 0 Å². The maximum atomic E-state index is 12.9. The lowest BCUT2D eigenvalue weighted by Gasteiger charge is -2.22. The number of ether oxygens (including phenoxy) is 1. The van der Waals surface area contributed by atoms with E-state index in [9.17, 15) is 9.59 Å². The first kappa shape index (κ1) is 19.0. The molecule has 0 unspecified atom stereocenters. The third kappa shape index (κ3) is 4.32. The molecule has 0 spiro atoms. The van der Waals surface area contributed by atoms with E-state index in [2.05, 4.69) is 6.07 Å². The van der Waals surface area contributed by atoms with E-state index in [0.29, 0.717) is 38.4 Å². The van der Waals surface area contributed by atoms with E-state index < -0.39 is 0 Å². The second-order valence-corrected chi connectivity index (χ2v) is 6.95. The molecule has 6 nitrogen and oxygen atoms in total. The number of amides is 2. The maximum Gasteiger partial charge on any atom is 0.289 e. The first-order valence-electron chi connectivity index (χ1n) is 9.24. The fourth-order valence-electron chi connectivity index (χ4n) is 3.67. The molecule has 0 radical (unpaired) electrons. The van der Waals surface area contributed by atoms with E-state index in [0.717, 1.165) is 28.9 Å². The molecule has 1 aromatic carbocycles. The normalized spacial score (nSPS) is 14.8. The van der Waals surface area contributed by atoms with Gasteiger partial charge in [0, 0.05) is 31.7 Å². The Labute approximate surface area is 159 Å². The van der Waals surface area contributed by atoms with Crippen LogP contribution in [0.1, 0.15) is 33.7 Å². The summed E-state index contributed by atoms with van der Waals surface area (Å²) in [6.07, 6.45) is 2.55. The predicted octanol–water partition coefficient (Wildman–Crippen LogP) is 2.82. The van der Waals surface area contributed by atoms with Crippen molar-refractivity contribution in [3.05, 3.63) is 53.0 Å². The molecule has 0 bridgehead atoms. The molecule has 0 aliphatic carbocycles. The lowest BCUT2D eigenvalue weighted by Crippen LogP contribution is -2.38. The molecule has 0 N–H and O–H groups in total. The van der Waals surface area contributed by atoms with Crippen LogP contribution >= 0.6 is 0 Å². The number of nitrogens with zero attached hydrogens (tertiary/aromatic N) is 2. The topological polar surface area (TPSA) is 63.0 Å². The summed E-state index contributed by atoms with van der Waals surface area (Å²) in [7, 11) is 1.63. The Morgan fingerprint density at radius 1 is 1.11 bits per heavy atom. The summed E-state index contributed by atoms with van der Waals surface area (Å²) in [4.78, 5) is 28.9. The molecule has 2 aromatic rings. The first-order valence-corrected chi connectivity index (χ1v) is 9.24. The molecule has 2 heterocycles. The van der Waals surface area contributed by atoms with Crippen LogP contribution in [0.4, 0.5) is 0 Å². The molecular formula is C21H26N2O4. The highest BCUT2D eigenvalue weighted by atomic mass is 16.5. The fourth-order valence-corrected chi connectivity index (χ4v) is 3.67. The molecule has 144 valence electrons. The summed E-state index contributed by atoms with van der Waals surface area (Å²) in [5.41, 5.74) is 3.06. The van der Waals surface area contributed by atoms with Crippen LogP contribution in [-0.2, 0) is 11.2 Å². The Morgan fingerprint density at radius 2 is 1.85 bits per heavy atom. The summed E-state index contributed by atoms with van der Waals surface area (Å²) < 4.78 is 10.7. The van der Waals surface area contributed by atoms with Crippen molar-refractivity contribution >= 4 is 11.8 Å². The molecule has 0 saturated carbocycles. The smallest absolute Gasteiger partial charge is 0.289 e. The molecule has 1 saturated heterocycles. The molecule has 1 aromatic heterocycles. The van der Waals surface area contributed by atoms with Gasteiger partial charge < -0.3 is 19.0 Å². The summed E-state index contributed by atoms with van der Waals surface area (Å²) in [5.74, 6) is 1.06. The Morgan fingerprint density at radius 3 is 2.56 bits per heavy atom. The van der Waals surface area contributed by atoms with Crippen LogP contribution in [0.2, 0.25) is 0 Å². The van der Waals surface area contributed by atoms with Gasteiger partial charge in [0.05, 0.1) is 19.8 Å². The second kappa shape index (κ2) is 8.29. The van der Waals surface area contributed by atoms with E-state index in [-0.39, 0.29) is 11.8 Å². The van der Waals surface area contributed by atoms with Crippen LogP contribution in [0.3, 0.4) is 0 Å². The standard InChI is InChI=1S/C21H26N2O4/c1-15-12-16(2)20(26-3)17(13-15)14-19(24)22-7-5-8-23(10-9-22)21(25)18-6-4-11-27-18/h4,6,11-13H,5,7-10,14H2,1-3H3. The number of hydrogen-bond acceptors (Lipinski definition) is 4. The summed E-state index contributed by atoms with van der Waals surface area (Å²) >= 11 is 0. The molecule has 1 fully saturated rings. The molecule has 6 heteroatoms. The Balaban J connectivity index is 1.66. The van der Waals surface area contributed by atoms with Crippen molar-refractivity contribution in [2.75, 3.05) is 33.3 Å². The summed E-state index contributed by atoms with van der Waals surface area (Å²) in [6, 6.07) is 7.44. The zero-order valence-corrected chi connectivity index (χ0v) is 16.2. The van der Waals surface area contributed by atoms with E-state index in [1.165, 1.54) is 6.26 Å². The Hall–Kier alpha value is -2.76. The van der Waals surface area contributed by atoms with Crippen molar-refractivity contribution in [2.45, 2.75) is 26.7 Å². The molecular weight excluding hydrogens is 344 g/mol. The minimum atomic E-state index is -0.120. The number of hydrogen-bond donors (Lipinski definition) is 0. The number of rotatable bonds is 4. The van der Waals surface area contributed by atoms with Crippen molar-refractivity contribution < 1.29 is 18.7 Å². The van der Waals surface area contributed by atoms with Crippen molar-refractivity contribution in [1.29, 1.82) is 0 Å². The Kier molecular flexibility index (Phi) is 5.84. The molecule has 1 aliphatic rings. The van der Waals surface area contributed by atoms with Gasteiger partial charge in [0.25, 0.3) is 5.91 Å².